The molecular weight excluding hydrogens is 1920 g/mol. The summed E-state index contributed by atoms with van der Waals surface area (Å²) in [5.74, 6) is -26.5. The summed E-state index contributed by atoms with van der Waals surface area (Å²) in [4.78, 5) is 269. The minimum atomic E-state index is -1.98. The molecule has 0 radical (unpaired) electrons. The van der Waals surface area contributed by atoms with Gasteiger partial charge in [-0.2, -0.15) is 0 Å². The lowest BCUT2D eigenvalue weighted by atomic mass is 9.82. The van der Waals surface area contributed by atoms with Crippen molar-refractivity contribution in [3.8, 4) is 22.3 Å². The number of nitrogens with two attached hydrogens (primary N) is 3. The lowest BCUT2D eigenvalue weighted by molar-refractivity contribution is -0.144. The molecule has 0 aliphatic heterocycles. The number of nitrogens with zero attached hydrogens (tertiary/aromatic N) is 4. The van der Waals surface area contributed by atoms with Crippen LogP contribution >= 0.6 is 0 Å². The molecule has 6 rings (SSSR count). The fraction of sp³-hybridized carbons (Fsp3) is 0.464. The minimum Gasteiger partial charge on any atom is -0.481 e. The van der Waals surface area contributed by atoms with Gasteiger partial charge in [-0.25, -0.2) is 27.2 Å². The molecule has 45 nitrogen and oxygen atoms in total. The van der Waals surface area contributed by atoms with Crippen LogP contribution in [0.15, 0.2) is 122 Å². The number of hydrogen-bond donors (Lipinski definition) is 21. The number of nitrogens with one attached hydrogen (secondary N) is 12. The number of carbonyl (C=O) groups excluding carboxylic acids is 16. The van der Waals surface area contributed by atoms with Gasteiger partial charge in [-0.15, -0.1) is 0 Å². The minimum absolute atomic E-state index is 0.0891. The summed E-state index contributed by atoms with van der Waals surface area (Å²) in [6.45, 7) is 10.5. The molecule has 2 aromatic heterocycles. The van der Waals surface area contributed by atoms with E-state index < -0.39 is 347 Å². The number of carboxylic acids is 4. The second kappa shape index (κ2) is 55.9. The first kappa shape index (κ1) is 119. The van der Waals surface area contributed by atoms with Gasteiger partial charge in [0.05, 0.1) is 31.0 Å². The van der Waals surface area contributed by atoms with Crippen LogP contribution in [0.4, 0.5) is 17.6 Å². The van der Waals surface area contributed by atoms with E-state index in [1.165, 1.54) is 41.2 Å². The van der Waals surface area contributed by atoms with Gasteiger partial charge in [-0.05, 0) is 130 Å². The highest BCUT2D eigenvalue weighted by molar-refractivity contribution is 6.00. The summed E-state index contributed by atoms with van der Waals surface area (Å²) in [6, 6.07) is 5.30. The van der Waals surface area contributed by atoms with E-state index in [9.17, 15) is 125 Å². The van der Waals surface area contributed by atoms with E-state index in [1.54, 1.807) is 111 Å². The number of primary amides is 2. The number of hydrogen-bond acceptors (Lipinski definition) is 23. The van der Waals surface area contributed by atoms with Crippen LogP contribution in [0.2, 0.25) is 0 Å². The maximum absolute atomic E-state index is 15.6. The fourth-order valence-corrected chi connectivity index (χ4v) is 15.7. The highest BCUT2D eigenvalue weighted by Crippen LogP contribution is 2.44. The number of aliphatic carboxylic acids is 4. The van der Waals surface area contributed by atoms with E-state index in [4.69, 9.17) is 27.4 Å². The number of aliphatic hydroxyl groups excluding tert-OH is 2. The predicted octanol–water partition coefficient (Wildman–Crippen LogP) is 0.270. The van der Waals surface area contributed by atoms with Crippen molar-refractivity contribution >= 4 is 118 Å². The van der Waals surface area contributed by atoms with Crippen molar-refractivity contribution in [1.82, 2.24) is 82.7 Å². The third kappa shape index (κ3) is 37.6. The van der Waals surface area contributed by atoms with Gasteiger partial charge in [0.2, 0.25) is 94.5 Å². The summed E-state index contributed by atoms with van der Waals surface area (Å²) in [5, 5.41) is 86.6. The van der Waals surface area contributed by atoms with Crippen molar-refractivity contribution in [3.05, 3.63) is 167 Å². The molecule has 0 unspecified atom stereocenters. The van der Waals surface area contributed by atoms with E-state index >= 15 is 8.78 Å². The number of halogens is 4. The first-order chi connectivity index (χ1) is 68.5. The lowest BCUT2D eigenvalue weighted by Gasteiger charge is -2.41. The third-order valence-electron chi connectivity index (χ3n) is 23.0. The van der Waals surface area contributed by atoms with Gasteiger partial charge in [0, 0.05) is 117 Å². The van der Waals surface area contributed by atoms with Crippen molar-refractivity contribution in [2.75, 3.05) is 39.4 Å². The Bertz CT molecular complexity index is 5700. The molecular formula is C97H127F4N19O26. The Labute approximate surface area is 836 Å². The largest absolute Gasteiger partial charge is 0.481 e. The molecule has 794 valence electrons. The summed E-state index contributed by atoms with van der Waals surface area (Å²) in [6.07, 6.45) is -4.75. The third-order valence-corrected chi connectivity index (χ3v) is 23.0. The van der Waals surface area contributed by atoms with Crippen LogP contribution in [-0.2, 0) is 109 Å². The summed E-state index contributed by atoms with van der Waals surface area (Å²) in [7, 11) is 0. The first-order valence-electron chi connectivity index (χ1n) is 46.5. The molecule has 0 bridgehead atoms. The Morgan fingerprint density at radius 1 is 0.370 bits per heavy atom. The molecule has 146 heavy (non-hydrogen) atoms. The molecule has 6 aromatic rings. The normalized spacial score (nSPS) is 14.0. The number of carboxylic acid groups (broad SMARTS) is 4. The average Bonchev–Trinajstić information content (AvgIpc) is 1.57. The van der Waals surface area contributed by atoms with Crippen LogP contribution in [0.25, 0.3) is 22.3 Å². The number of aromatic nitrogens is 2. The van der Waals surface area contributed by atoms with Crippen LogP contribution in [0.1, 0.15) is 181 Å². The molecule has 0 aliphatic carbocycles. The molecule has 24 N–H and O–H groups in total. The number of benzene rings is 4. The molecule has 0 saturated heterocycles. The van der Waals surface area contributed by atoms with Crippen molar-refractivity contribution in [2.45, 2.75) is 238 Å². The van der Waals surface area contributed by atoms with Crippen molar-refractivity contribution < 1.29 is 144 Å². The molecule has 0 saturated carbocycles. The molecule has 16 amide bonds. The molecule has 0 spiro atoms. The fourth-order valence-electron chi connectivity index (χ4n) is 15.7. The molecule has 2 heterocycles. The molecule has 0 aliphatic rings. The van der Waals surface area contributed by atoms with Gasteiger partial charge >= 0.3 is 23.9 Å². The SMILES string of the molecule is C[C@H](NC(=O)CC[C@H](N)C(=O)N[C@@H](C)C(=O)N[C@@H](C)C(=O)N[C@@H](CC(N)=O)C(=O)N[C@@H](CCN(C(=O)CO)[C@@H](c1cc(-c2cc(F)ccc2F)cn1Cc1ccccc1)C(C)(C)C)C(=O)NCCC(=O)N[C@H](CCC(=O)O)C(=O)O)C(=O)N[C@@H](C)C(=O)N[C@@H](CC(N)=O)C(=O)N[C@@H](CCN(C(=O)CO)[C@@H](c1cc(-c2cc(F)ccc2F)cn1Cc1ccccc1)C(C)(C)C)C(=O)NCCC(=O)N[C@H](CCC(=O)O)C(=O)O. The second-order valence-corrected chi connectivity index (χ2v) is 37.0. The maximum atomic E-state index is 15.6. The lowest BCUT2D eigenvalue weighted by Crippen LogP contribution is -2.58. The molecule has 49 heteroatoms. The van der Waals surface area contributed by atoms with Crippen molar-refractivity contribution in [1.29, 1.82) is 0 Å². The molecule has 13 atom stereocenters. The van der Waals surface area contributed by atoms with Crippen molar-refractivity contribution in [2.24, 2.45) is 28.0 Å². The average molecular weight is 2050 g/mol. The van der Waals surface area contributed by atoms with Gasteiger partial charge in [0.25, 0.3) is 0 Å². The number of carbonyl (C=O) groups is 20. The standard InChI is InChI=1S/C97H127F4N19O26/c1-51(85(134)108-53(3)87(136)115-70(43-74(103)123)92(141)113-66(90(139)105-35-31-77(126)111-68(94(143)144)26-29-81(130)131)33-37-119(79(128)49-121)83(96(5,6)7)72-39-57(61-41-59(98)21-23-63(61)100)47-117(72)45-55-17-13-11-14-18-55)107-76(125)28-25-65(102)89(138)110-52(2)86(135)109-54(4)88(137)116-71(44-75(104)124)93(142)114-67(91(140)106-36-32-78(127)112-69(95(145)146)27-30-82(132)133)34-38-120(80(129)50-122)84(97(8,9)10)73-40-58(62-42-60(99)22-24-64(62)101)48-118(73)46-56-19-15-12-16-20-56/h11-24,39-42,47-48,51-54,65-71,83-84,121-122H,25-38,43-46,49-50,102H2,1-10H3,(H2,103,123)(H2,104,124)(H,105,139)(H,106,140)(H,107,125)(H,108,134)(H,109,135)(H,110,138)(H,111,126)(H,112,127)(H,113,141)(H,114,142)(H,115,136)(H,116,137)(H,130,131)(H,132,133)(H,143,144)(H,145,146)/t51-,52-,53-,54-,65-,66-,67-,68+,69+,70-,71-,83-,84-/m0/s1. The number of amides is 16. The topological polar surface area (TPSA) is 702 Å². The summed E-state index contributed by atoms with van der Waals surface area (Å²) < 4.78 is 64.2. The van der Waals surface area contributed by atoms with Crippen LogP contribution in [0, 0.1) is 34.1 Å². The smallest absolute Gasteiger partial charge is 0.326 e. The second-order valence-electron chi connectivity index (χ2n) is 37.0. The predicted molar refractivity (Wildman–Crippen MR) is 513 cm³/mol. The molecule has 0 fully saturated rings. The Balaban J connectivity index is 1.12. The van der Waals surface area contributed by atoms with Crippen LogP contribution < -0.4 is 81.0 Å². The van der Waals surface area contributed by atoms with Gasteiger partial charge in [-0.3, -0.25) is 86.3 Å². The van der Waals surface area contributed by atoms with E-state index in [0.29, 0.717) is 11.4 Å². The highest BCUT2D eigenvalue weighted by Gasteiger charge is 2.43. The molecule has 4 aromatic carbocycles. The van der Waals surface area contributed by atoms with E-state index in [2.05, 4.69) is 63.8 Å². The zero-order valence-corrected chi connectivity index (χ0v) is 82.1. The number of aliphatic hydroxyl groups is 2. The maximum Gasteiger partial charge on any atom is 0.326 e. The van der Waals surface area contributed by atoms with Gasteiger partial charge in [-0.1, -0.05) is 102 Å². The van der Waals surface area contributed by atoms with Gasteiger partial charge in [0.15, 0.2) is 0 Å². The summed E-state index contributed by atoms with van der Waals surface area (Å²) in [5.41, 5.74) is 17.3. The Kier molecular flexibility index (Phi) is 45.6. The quantitative estimate of drug-likeness (QED) is 0.0228. The van der Waals surface area contributed by atoms with Gasteiger partial charge in [0.1, 0.15) is 96.9 Å². The zero-order valence-electron chi connectivity index (χ0n) is 82.1. The highest BCUT2D eigenvalue weighted by atomic mass is 19.1. The van der Waals surface area contributed by atoms with Crippen molar-refractivity contribution in [3.63, 3.8) is 0 Å². The zero-order chi connectivity index (χ0) is 109. The Morgan fingerprint density at radius 2 is 0.699 bits per heavy atom. The van der Waals surface area contributed by atoms with E-state index in [1.807, 2.05) is 0 Å². The van der Waals surface area contributed by atoms with Crippen LogP contribution in [0.5, 0.6) is 0 Å². The Morgan fingerprint density at radius 3 is 1.03 bits per heavy atom. The first-order valence-corrected chi connectivity index (χ1v) is 46.5. The van der Waals surface area contributed by atoms with Crippen LogP contribution in [-0.4, -0.2) is 274 Å². The van der Waals surface area contributed by atoms with E-state index in [-0.39, 0.29) is 35.3 Å². The van der Waals surface area contributed by atoms with E-state index in [0.717, 1.165) is 68.3 Å². The van der Waals surface area contributed by atoms with Gasteiger partial charge < -0.3 is 131 Å². The monoisotopic (exact) mass is 2050 g/mol. The number of rotatable bonds is 58. The van der Waals surface area contributed by atoms with Crippen LogP contribution in [0.3, 0.4) is 0 Å². The Hall–Kier alpha value is -15.6. The summed E-state index contributed by atoms with van der Waals surface area (Å²) >= 11 is 0.